The Kier molecular flexibility index (Phi) is 2.20. The first-order valence-corrected chi connectivity index (χ1v) is 3.26. The Balaban J connectivity index is 2.80. The Morgan fingerprint density at radius 2 is 2.25 bits per heavy atom. The fraction of sp³-hybridized carbons (Fsp3) is 0.500. The quantitative estimate of drug-likeness (QED) is 0.361. The Morgan fingerprint density at radius 1 is 1.67 bits per heavy atom. The summed E-state index contributed by atoms with van der Waals surface area (Å²) in [4.78, 5) is 10.6. The van der Waals surface area contributed by atoms with Crippen LogP contribution in [0.2, 0.25) is 0 Å². The second-order valence-corrected chi connectivity index (χ2v) is 2.38. The van der Waals surface area contributed by atoms with Crippen LogP contribution in [0.4, 0.5) is 0 Å². The summed E-state index contributed by atoms with van der Waals surface area (Å²) in [5, 5.41) is 26.4. The van der Waals surface area contributed by atoms with Gasteiger partial charge >= 0.3 is 5.97 Å². The van der Waals surface area contributed by atoms with Crippen LogP contribution in [-0.4, -0.2) is 40.1 Å². The third-order valence-corrected chi connectivity index (χ3v) is 1.54. The second kappa shape index (κ2) is 3.00. The third kappa shape index (κ3) is 1.21. The summed E-state index contributed by atoms with van der Waals surface area (Å²) in [5.41, 5.74) is 4.95. The molecule has 0 fully saturated rings. The number of carbonyl (C=O) groups is 1. The van der Waals surface area contributed by atoms with Crippen LogP contribution < -0.4 is 5.73 Å². The van der Waals surface area contributed by atoms with Gasteiger partial charge in [0.2, 0.25) is 5.76 Å². The molecular formula is C6H9NO5. The van der Waals surface area contributed by atoms with Gasteiger partial charge in [-0.2, -0.15) is 0 Å². The molecule has 68 valence electrons. The monoisotopic (exact) mass is 175 g/mol. The van der Waals surface area contributed by atoms with E-state index in [-0.39, 0.29) is 5.70 Å². The smallest absolute Gasteiger partial charge is 0.376 e. The number of hydrogen-bond acceptors (Lipinski definition) is 6. The number of aliphatic hydroxyl groups is 3. The summed E-state index contributed by atoms with van der Waals surface area (Å²) < 4.78 is 4.44. The van der Waals surface area contributed by atoms with E-state index in [0.717, 1.165) is 0 Å². The van der Waals surface area contributed by atoms with Crippen molar-refractivity contribution in [3.8, 4) is 0 Å². The third-order valence-electron chi connectivity index (χ3n) is 1.54. The molecule has 0 radical (unpaired) electrons. The zero-order chi connectivity index (χ0) is 9.30. The van der Waals surface area contributed by atoms with E-state index >= 15 is 0 Å². The first-order chi connectivity index (χ1) is 5.57. The largest absolute Gasteiger partial charge is 0.501 e. The molecule has 2 atom stereocenters. The SMILES string of the molecule is NC1=C(O)C(=O)O[C@@H]1[C@@H](O)CO. The lowest BCUT2D eigenvalue weighted by Crippen LogP contribution is -2.34. The molecule has 0 saturated heterocycles. The van der Waals surface area contributed by atoms with Gasteiger partial charge in [-0.25, -0.2) is 4.79 Å². The summed E-state index contributed by atoms with van der Waals surface area (Å²) in [5.74, 6) is -1.68. The average Bonchev–Trinajstić information content (AvgIpc) is 2.32. The van der Waals surface area contributed by atoms with Crippen molar-refractivity contribution in [2.24, 2.45) is 5.73 Å². The molecule has 0 saturated carbocycles. The van der Waals surface area contributed by atoms with Crippen LogP contribution in [0.15, 0.2) is 11.5 Å². The summed E-state index contributed by atoms with van der Waals surface area (Å²) >= 11 is 0. The van der Waals surface area contributed by atoms with Crippen LogP contribution in [0.25, 0.3) is 0 Å². The van der Waals surface area contributed by atoms with Gasteiger partial charge in [0.15, 0.2) is 6.10 Å². The molecule has 0 spiro atoms. The van der Waals surface area contributed by atoms with Crippen molar-refractivity contribution >= 4 is 5.97 Å². The molecule has 0 aromatic heterocycles. The van der Waals surface area contributed by atoms with Crippen molar-refractivity contribution in [2.75, 3.05) is 6.61 Å². The maximum Gasteiger partial charge on any atom is 0.376 e. The van der Waals surface area contributed by atoms with Gasteiger partial charge in [-0.1, -0.05) is 0 Å². The van der Waals surface area contributed by atoms with Crippen molar-refractivity contribution in [2.45, 2.75) is 12.2 Å². The molecule has 12 heavy (non-hydrogen) atoms. The second-order valence-electron chi connectivity index (χ2n) is 2.38. The van der Waals surface area contributed by atoms with Crippen molar-refractivity contribution in [3.05, 3.63) is 11.5 Å². The average molecular weight is 175 g/mol. The van der Waals surface area contributed by atoms with Crippen molar-refractivity contribution in [1.82, 2.24) is 0 Å². The summed E-state index contributed by atoms with van der Waals surface area (Å²) in [6, 6.07) is 0. The minimum absolute atomic E-state index is 0.249. The fourth-order valence-corrected chi connectivity index (χ4v) is 0.869. The predicted molar refractivity (Wildman–Crippen MR) is 36.8 cm³/mol. The van der Waals surface area contributed by atoms with Gasteiger partial charge in [-0.3, -0.25) is 0 Å². The molecule has 6 nitrogen and oxygen atoms in total. The predicted octanol–water partition coefficient (Wildman–Crippen LogP) is -2.01. The van der Waals surface area contributed by atoms with E-state index in [2.05, 4.69) is 4.74 Å². The number of ether oxygens (including phenoxy) is 1. The first kappa shape index (κ1) is 8.82. The van der Waals surface area contributed by atoms with Gasteiger partial charge in [-0.15, -0.1) is 0 Å². The van der Waals surface area contributed by atoms with Gasteiger partial charge in [0.25, 0.3) is 0 Å². The molecule has 0 unspecified atom stereocenters. The molecule has 1 aliphatic heterocycles. The Labute approximate surface area is 67.9 Å². The zero-order valence-electron chi connectivity index (χ0n) is 6.10. The van der Waals surface area contributed by atoms with Gasteiger partial charge in [0.05, 0.1) is 6.61 Å². The van der Waals surface area contributed by atoms with Gasteiger partial charge in [0, 0.05) is 0 Å². The topological polar surface area (TPSA) is 113 Å². The molecule has 0 bridgehead atoms. The molecule has 0 aromatic carbocycles. The lowest BCUT2D eigenvalue weighted by atomic mass is 10.1. The van der Waals surface area contributed by atoms with Gasteiger partial charge in [-0.05, 0) is 0 Å². The highest BCUT2D eigenvalue weighted by atomic mass is 16.6. The van der Waals surface area contributed by atoms with Crippen LogP contribution in [0.5, 0.6) is 0 Å². The number of hydrogen-bond donors (Lipinski definition) is 4. The maximum atomic E-state index is 10.6. The Hall–Kier alpha value is -1.27. The number of esters is 1. The lowest BCUT2D eigenvalue weighted by molar-refractivity contribution is -0.147. The summed E-state index contributed by atoms with van der Waals surface area (Å²) in [6.07, 6.45) is -2.43. The van der Waals surface area contributed by atoms with E-state index in [9.17, 15) is 4.79 Å². The summed E-state index contributed by atoms with van der Waals surface area (Å²) in [6.45, 7) is -0.591. The van der Waals surface area contributed by atoms with Crippen molar-refractivity contribution in [3.63, 3.8) is 0 Å². The first-order valence-electron chi connectivity index (χ1n) is 3.26. The Bertz CT molecular complexity index is 236. The fourth-order valence-electron chi connectivity index (χ4n) is 0.869. The maximum absolute atomic E-state index is 10.6. The van der Waals surface area contributed by atoms with Gasteiger partial charge < -0.3 is 25.8 Å². The van der Waals surface area contributed by atoms with Crippen LogP contribution in [0.1, 0.15) is 0 Å². The van der Waals surface area contributed by atoms with E-state index in [1.807, 2.05) is 0 Å². The molecule has 1 heterocycles. The van der Waals surface area contributed by atoms with Crippen molar-refractivity contribution < 1.29 is 24.9 Å². The molecular weight excluding hydrogens is 166 g/mol. The number of rotatable bonds is 2. The highest BCUT2D eigenvalue weighted by molar-refractivity contribution is 5.89. The highest BCUT2D eigenvalue weighted by Crippen LogP contribution is 2.19. The number of carbonyl (C=O) groups excluding carboxylic acids is 1. The van der Waals surface area contributed by atoms with Crippen LogP contribution >= 0.6 is 0 Å². The standard InChI is InChI=1S/C6H9NO5/c7-3-4(10)6(11)12-5(3)2(9)1-8/h2,5,8-10H,1,7H2/t2-,5+/m0/s1. The van der Waals surface area contributed by atoms with Gasteiger partial charge in [0.1, 0.15) is 11.8 Å². The van der Waals surface area contributed by atoms with Crippen molar-refractivity contribution in [1.29, 1.82) is 0 Å². The molecule has 0 aliphatic carbocycles. The Morgan fingerprint density at radius 3 is 2.58 bits per heavy atom. The molecule has 0 amide bonds. The minimum Gasteiger partial charge on any atom is -0.501 e. The number of nitrogens with two attached hydrogens (primary N) is 1. The van der Waals surface area contributed by atoms with E-state index in [1.165, 1.54) is 0 Å². The van der Waals surface area contributed by atoms with E-state index in [4.69, 9.17) is 21.1 Å². The normalized spacial score (nSPS) is 25.8. The summed E-state index contributed by atoms with van der Waals surface area (Å²) in [7, 11) is 0. The number of aliphatic hydroxyl groups excluding tert-OH is 3. The van der Waals surface area contributed by atoms with E-state index in [0.29, 0.717) is 0 Å². The molecule has 5 N–H and O–H groups in total. The molecule has 0 aromatic rings. The zero-order valence-corrected chi connectivity index (χ0v) is 6.10. The van der Waals surface area contributed by atoms with E-state index in [1.54, 1.807) is 0 Å². The van der Waals surface area contributed by atoms with Crippen LogP contribution in [0.3, 0.4) is 0 Å². The number of cyclic esters (lactones) is 1. The van der Waals surface area contributed by atoms with E-state index < -0.39 is 30.5 Å². The van der Waals surface area contributed by atoms with Crippen LogP contribution in [-0.2, 0) is 9.53 Å². The molecule has 1 rings (SSSR count). The lowest BCUT2D eigenvalue weighted by Gasteiger charge is -2.14. The minimum atomic E-state index is -1.29. The molecule has 1 aliphatic rings. The highest BCUT2D eigenvalue weighted by Gasteiger charge is 2.36. The molecule has 6 heteroatoms. The van der Waals surface area contributed by atoms with Crippen LogP contribution in [0, 0.1) is 0 Å².